The van der Waals surface area contributed by atoms with Crippen LogP contribution < -0.4 is 19.9 Å². The molecule has 0 amide bonds. The van der Waals surface area contributed by atoms with Crippen molar-refractivity contribution >= 4 is 13.3 Å². The Labute approximate surface area is 156 Å². The van der Waals surface area contributed by atoms with Crippen LogP contribution in [0.3, 0.4) is 0 Å². The highest BCUT2D eigenvalue weighted by Crippen LogP contribution is 2.62. The smallest absolute Gasteiger partial charge is 0.338 e. The summed E-state index contributed by atoms with van der Waals surface area (Å²) in [5.41, 5.74) is 6.39. The summed E-state index contributed by atoms with van der Waals surface area (Å²) in [6.07, 6.45) is -0.422. The van der Waals surface area contributed by atoms with Crippen molar-refractivity contribution in [2.45, 2.75) is 11.4 Å². The fraction of sp³-hybridized carbons (Fsp3) is 0.278. The maximum atomic E-state index is 13.2. The van der Waals surface area contributed by atoms with Crippen LogP contribution in [-0.4, -0.2) is 37.3 Å². The summed E-state index contributed by atoms with van der Waals surface area (Å²) >= 11 is 0. The van der Waals surface area contributed by atoms with Gasteiger partial charge >= 0.3 is 5.97 Å². The van der Waals surface area contributed by atoms with Gasteiger partial charge in [0, 0.05) is 5.56 Å². The molecule has 0 radical (unpaired) electrons. The van der Waals surface area contributed by atoms with Gasteiger partial charge in [-0.15, -0.1) is 0 Å². The Morgan fingerprint density at radius 2 is 1.63 bits per heavy atom. The monoisotopic (exact) mass is 395 g/mol. The molecule has 146 valence electrons. The molecule has 8 nitrogen and oxygen atoms in total. The van der Waals surface area contributed by atoms with Gasteiger partial charge in [0.2, 0.25) is 18.4 Å². The molecule has 27 heavy (non-hydrogen) atoms. The summed E-state index contributed by atoms with van der Waals surface area (Å²) in [6, 6.07) is 11.1. The third-order valence-corrected chi connectivity index (χ3v) is 6.56. The molecule has 2 rings (SSSR count). The van der Waals surface area contributed by atoms with Gasteiger partial charge < -0.3 is 29.9 Å². The molecule has 0 bridgehead atoms. The van der Waals surface area contributed by atoms with E-state index in [1.807, 2.05) is 0 Å². The lowest BCUT2D eigenvalue weighted by Gasteiger charge is -2.32. The van der Waals surface area contributed by atoms with E-state index in [0.29, 0.717) is 5.56 Å². The number of methoxy groups -OCH3 is 3. The minimum Gasteiger partial charge on any atom is -0.493 e. The summed E-state index contributed by atoms with van der Waals surface area (Å²) < 4.78 is 28.9. The molecule has 2 aromatic carbocycles. The van der Waals surface area contributed by atoms with Crippen LogP contribution in [0.1, 0.15) is 11.1 Å². The third-order valence-electron chi connectivity index (χ3n) is 4.23. The molecular weight excluding hydrogens is 373 g/mol. The first kappa shape index (κ1) is 20.8. The third kappa shape index (κ3) is 3.64. The molecule has 0 aliphatic rings. The van der Waals surface area contributed by atoms with Gasteiger partial charge in [-0.1, -0.05) is 30.3 Å². The van der Waals surface area contributed by atoms with Crippen LogP contribution >= 0.6 is 7.37 Å². The van der Waals surface area contributed by atoms with E-state index >= 15 is 0 Å². The first-order valence-corrected chi connectivity index (χ1v) is 9.75. The Morgan fingerprint density at radius 1 is 1.04 bits per heavy atom. The fourth-order valence-corrected chi connectivity index (χ4v) is 4.62. The van der Waals surface area contributed by atoms with Crippen LogP contribution in [0.5, 0.6) is 17.2 Å². The van der Waals surface area contributed by atoms with Crippen LogP contribution in [0.2, 0.25) is 0 Å². The zero-order valence-electron chi connectivity index (χ0n) is 15.2. The molecule has 0 aliphatic carbocycles. The molecule has 4 N–H and O–H groups in total. The minimum absolute atomic E-state index is 0.0771. The second-order valence-corrected chi connectivity index (χ2v) is 8.22. The molecule has 2 aromatic rings. The number of benzene rings is 2. The lowest BCUT2D eigenvalue weighted by atomic mass is 10.0. The van der Waals surface area contributed by atoms with E-state index in [2.05, 4.69) is 0 Å². The van der Waals surface area contributed by atoms with Crippen LogP contribution in [0.15, 0.2) is 42.5 Å². The average Bonchev–Trinajstić information content (AvgIpc) is 2.65. The van der Waals surface area contributed by atoms with Crippen LogP contribution in [0, 0.1) is 0 Å². The summed E-state index contributed by atoms with van der Waals surface area (Å²) in [5, 5.41) is 7.21. The number of carbonyl (C=O) groups is 1. The summed E-state index contributed by atoms with van der Waals surface area (Å²) in [7, 11) is -0.488. The summed E-state index contributed by atoms with van der Waals surface area (Å²) in [4.78, 5) is 22.8. The van der Waals surface area contributed by atoms with Crippen molar-refractivity contribution in [1.29, 1.82) is 0 Å². The van der Waals surface area contributed by atoms with Gasteiger partial charge in [0.1, 0.15) is 0 Å². The Hall–Kier alpha value is -2.54. The summed E-state index contributed by atoms with van der Waals surface area (Å²) in [6.45, 7) is 0. The molecule has 0 saturated heterocycles. The van der Waals surface area contributed by atoms with E-state index in [0.717, 1.165) is 0 Å². The molecule has 9 heteroatoms. The molecule has 2 atom stereocenters. The van der Waals surface area contributed by atoms with E-state index in [-0.39, 0.29) is 22.8 Å². The topological polar surface area (TPSA) is 128 Å². The number of rotatable bonds is 8. The Balaban J connectivity index is 2.69. The van der Waals surface area contributed by atoms with E-state index in [4.69, 9.17) is 19.9 Å². The zero-order chi connectivity index (χ0) is 20.2. The molecule has 0 fully saturated rings. The number of carboxylic acids is 1. The molecule has 0 spiro atoms. The van der Waals surface area contributed by atoms with Crippen molar-refractivity contribution in [3.8, 4) is 17.2 Å². The summed E-state index contributed by atoms with van der Waals surface area (Å²) in [5.74, 6) is -1.39. The normalized spacial score (nSPS) is 15.3. The molecule has 0 saturated carbocycles. The Bertz CT molecular complexity index is 872. The number of carboxylic acid groups (broad SMARTS) is 1. The van der Waals surface area contributed by atoms with Gasteiger partial charge in [0.15, 0.2) is 11.5 Å². The second kappa shape index (κ2) is 8.00. The van der Waals surface area contributed by atoms with Crippen LogP contribution in [-0.2, 0) is 20.8 Å². The quantitative estimate of drug-likeness (QED) is 0.581. The molecule has 0 heterocycles. The van der Waals surface area contributed by atoms with Crippen LogP contribution in [0.25, 0.3) is 0 Å². The SMILES string of the molecule is COc1ccc(C(N)(C(=O)O)P(=O)(O)Cc2ccccc2)c(OC)c1OC. The highest BCUT2D eigenvalue weighted by molar-refractivity contribution is 7.59. The lowest BCUT2D eigenvalue weighted by Crippen LogP contribution is -2.45. The van der Waals surface area contributed by atoms with E-state index in [1.54, 1.807) is 30.3 Å². The first-order chi connectivity index (χ1) is 12.7. The molecular formula is C18H22NO7P. The van der Waals surface area contributed by atoms with Gasteiger partial charge in [-0.3, -0.25) is 4.57 Å². The van der Waals surface area contributed by atoms with Crippen molar-refractivity contribution < 1.29 is 33.6 Å². The standard InChI is InChI=1S/C18H22NO7P/c1-24-14-10-9-13(15(25-2)16(14)26-3)18(19,17(20)21)27(22,23)11-12-7-5-4-6-8-12/h4-10H,11,19H2,1-3H3,(H,20,21)(H,22,23). The van der Waals surface area contributed by atoms with Crippen molar-refractivity contribution in [2.75, 3.05) is 21.3 Å². The van der Waals surface area contributed by atoms with Crippen LogP contribution in [0.4, 0.5) is 0 Å². The Kier molecular flexibility index (Phi) is 6.15. The Morgan fingerprint density at radius 3 is 2.11 bits per heavy atom. The highest BCUT2D eigenvalue weighted by Gasteiger charge is 2.54. The number of hydrogen-bond donors (Lipinski definition) is 3. The largest absolute Gasteiger partial charge is 0.493 e. The van der Waals surface area contributed by atoms with Crippen molar-refractivity contribution in [2.24, 2.45) is 5.73 Å². The number of hydrogen-bond acceptors (Lipinski definition) is 6. The predicted octanol–water partition coefficient (Wildman–Crippen LogP) is 2.38. The highest BCUT2D eigenvalue weighted by atomic mass is 31.2. The van der Waals surface area contributed by atoms with Gasteiger partial charge in [-0.25, -0.2) is 4.79 Å². The maximum absolute atomic E-state index is 13.2. The zero-order valence-corrected chi connectivity index (χ0v) is 16.1. The van der Waals surface area contributed by atoms with Gasteiger partial charge in [-0.05, 0) is 17.7 Å². The number of nitrogens with two attached hydrogens (primary N) is 1. The first-order valence-electron chi connectivity index (χ1n) is 7.90. The molecule has 0 aliphatic heterocycles. The molecule has 0 aromatic heterocycles. The number of ether oxygens (including phenoxy) is 3. The maximum Gasteiger partial charge on any atom is 0.338 e. The minimum atomic E-state index is -4.51. The second-order valence-electron chi connectivity index (χ2n) is 5.80. The van der Waals surface area contributed by atoms with Gasteiger partial charge in [0.05, 0.1) is 27.5 Å². The van der Waals surface area contributed by atoms with Crippen molar-refractivity contribution in [1.82, 2.24) is 0 Å². The average molecular weight is 395 g/mol. The number of aliphatic carboxylic acids is 1. The van der Waals surface area contributed by atoms with E-state index < -0.39 is 24.8 Å². The van der Waals surface area contributed by atoms with E-state index in [9.17, 15) is 19.4 Å². The predicted molar refractivity (Wildman–Crippen MR) is 99.6 cm³/mol. The van der Waals surface area contributed by atoms with E-state index in [1.165, 1.54) is 33.5 Å². The van der Waals surface area contributed by atoms with Gasteiger partial charge in [0.25, 0.3) is 0 Å². The van der Waals surface area contributed by atoms with Gasteiger partial charge in [-0.2, -0.15) is 0 Å². The lowest BCUT2D eigenvalue weighted by molar-refractivity contribution is -0.140. The van der Waals surface area contributed by atoms with Crippen molar-refractivity contribution in [3.05, 3.63) is 53.6 Å². The molecule has 2 unspecified atom stereocenters. The van der Waals surface area contributed by atoms with Crippen molar-refractivity contribution in [3.63, 3.8) is 0 Å². The fourth-order valence-electron chi connectivity index (χ4n) is 2.81.